The number of carbonyl (C=O) groups is 1. The maximum atomic E-state index is 12.8. The molecule has 4 rings (SSSR count). The van der Waals surface area contributed by atoms with Crippen LogP contribution in [0.25, 0.3) is 0 Å². The van der Waals surface area contributed by atoms with Crippen molar-refractivity contribution >= 4 is 23.4 Å². The fourth-order valence-electron chi connectivity index (χ4n) is 4.88. The van der Waals surface area contributed by atoms with Crippen molar-refractivity contribution in [3.63, 3.8) is 0 Å². The maximum Gasteiger partial charge on any atom is 0.417 e. The predicted octanol–water partition coefficient (Wildman–Crippen LogP) is 4.33. The van der Waals surface area contributed by atoms with Crippen molar-refractivity contribution in [3.8, 4) is 0 Å². The molecule has 1 aromatic rings. The number of fused-ring (bicyclic) bond motifs is 1. The predicted molar refractivity (Wildman–Crippen MR) is 101 cm³/mol. The highest BCUT2D eigenvalue weighted by Gasteiger charge is 2.61. The van der Waals surface area contributed by atoms with Crippen molar-refractivity contribution in [2.75, 3.05) is 24.6 Å². The van der Waals surface area contributed by atoms with E-state index in [4.69, 9.17) is 21.1 Å². The number of carbonyl (C=O) groups excluding carboxylic acids is 1. The van der Waals surface area contributed by atoms with Gasteiger partial charge in [0.25, 0.3) is 0 Å². The van der Waals surface area contributed by atoms with Crippen molar-refractivity contribution in [1.29, 1.82) is 0 Å². The number of aromatic nitrogens is 1. The third-order valence-electron chi connectivity index (χ3n) is 6.51. The van der Waals surface area contributed by atoms with Crippen LogP contribution in [0.2, 0.25) is 5.02 Å². The summed E-state index contributed by atoms with van der Waals surface area (Å²) >= 11 is 6.04. The van der Waals surface area contributed by atoms with Crippen LogP contribution in [0.3, 0.4) is 0 Å². The number of esters is 1. The summed E-state index contributed by atoms with van der Waals surface area (Å²) in [4.78, 5) is 18.4. The van der Waals surface area contributed by atoms with Crippen LogP contribution in [-0.2, 0) is 20.4 Å². The van der Waals surface area contributed by atoms with Crippen LogP contribution in [0.4, 0.5) is 19.0 Å². The number of anilines is 1. The maximum absolute atomic E-state index is 12.8. The highest BCUT2D eigenvalue weighted by molar-refractivity contribution is 6.33. The minimum absolute atomic E-state index is 0.0376. The number of rotatable bonds is 3. The molecule has 3 aliphatic rings. The molecule has 0 unspecified atom stereocenters. The molecule has 0 bridgehead atoms. The summed E-state index contributed by atoms with van der Waals surface area (Å²) in [6.45, 7) is 5.82. The molecule has 0 amide bonds. The molecule has 3 fully saturated rings. The topological polar surface area (TPSA) is 51.7 Å². The minimum Gasteiger partial charge on any atom is -0.461 e. The number of nitrogens with zero attached hydrogens (tertiary/aromatic N) is 2. The van der Waals surface area contributed by atoms with Crippen LogP contribution in [0.15, 0.2) is 12.3 Å². The molecule has 3 atom stereocenters. The van der Waals surface area contributed by atoms with Crippen molar-refractivity contribution in [3.05, 3.63) is 22.8 Å². The summed E-state index contributed by atoms with van der Waals surface area (Å²) in [6.07, 6.45) is -1.62. The largest absolute Gasteiger partial charge is 0.461 e. The zero-order valence-electron chi connectivity index (χ0n) is 16.3. The number of alkyl halides is 3. The molecule has 1 aliphatic carbocycles. The molecule has 0 spiro atoms. The van der Waals surface area contributed by atoms with Gasteiger partial charge in [0.1, 0.15) is 11.9 Å². The summed E-state index contributed by atoms with van der Waals surface area (Å²) in [6, 6.07) is 0.892. The molecule has 0 aromatic carbocycles. The zero-order chi connectivity index (χ0) is 21.0. The Balaban J connectivity index is 1.34. The van der Waals surface area contributed by atoms with Crippen molar-refractivity contribution in [2.45, 2.75) is 51.5 Å². The van der Waals surface area contributed by atoms with Gasteiger partial charge in [-0.15, -0.1) is 0 Å². The highest BCUT2D eigenvalue weighted by atomic mass is 35.5. The summed E-state index contributed by atoms with van der Waals surface area (Å²) in [5, 5.41) is -0.0376. The normalized spacial score (nSPS) is 29.3. The SMILES string of the molecule is CC1(C)[C@@H]2OCC[C@@H]2[C@H]1OC(=O)C1CCN(c2ncc(C(F)(F)F)cc2Cl)CC1. The van der Waals surface area contributed by atoms with Gasteiger partial charge in [-0.25, -0.2) is 4.98 Å². The van der Waals surface area contributed by atoms with Gasteiger partial charge in [-0.2, -0.15) is 13.2 Å². The summed E-state index contributed by atoms with van der Waals surface area (Å²) in [5.41, 5.74) is -1.04. The van der Waals surface area contributed by atoms with Gasteiger partial charge in [-0.05, 0) is 25.3 Å². The van der Waals surface area contributed by atoms with E-state index in [2.05, 4.69) is 18.8 Å². The second kappa shape index (κ2) is 7.30. The molecule has 160 valence electrons. The van der Waals surface area contributed by atoms with Gasteiger partial charge < -0.3 is 14.4 Å². The Morgan fingerprint density at radius 3 is 2.62 bits per heavy atom. The molecule has 1 aromatic heterocycles. The van der Waals surface area contributed by atoms with Crippen LogP contribution >= 0.6 is 11.6 Å². The second-order valence-corrected chi connectivity index (χ2v) is 9.12. The molecule has 1 saturated carbocycles. The molecule has 5 nitrogen and oxygen atoms in total. The van der Waals surface area contributed by atoms with E-state index >= 15 is 0 Å². The smallest absolute Gasteiger partial charge is 0.417 e. The molecule has 2 aliphatic heterocycles. The quantitative estimate of drug-likeness (QED) is 0.665. The molecule has 2 saturated heterocycles. The van der Waals surface area contributed by atoms with E-state index < -0.39 is 11.7 Å². The van der Waals surface area contributed by atoms with Crippen LogP contribution in [0.5, 0.6) is 0 Å². The van der Waals surface area contributed by atoms with Crippen molar-refractivity contribution < 1.29 is 27.4 Å². The Labute approximate surface area is 172 Å². The van der Waals surface area contributed by atoms with Gasteiger partial charge in [0.2, 0.25) is 0 Å². The Kier molecular flexibility index (Phi) is 5.22. The van der Waals surface area contributed by atoms with E-state index in [-0.39, 0.29) is 40.5 Å². The molecule has 0 N–H and O–H groups in total. The Bertz CT molecular complexity index is 794. The van der Waals surface area contributed by atoms with Gasteiger partial charge in [0.05, 0.1) is 22.6 Å². The second-order valence-electron chi connectivity index (χ2n) is 8.71. The Morgan fingerprint density at radius 2 is 2.00 bits per heavy atom. The third kappa shape index (κ3) is 3.69. The minimum atomic E-state index is -4.48. The molecular formula is C20H24ClF3N2O3. The molecular weight excluding hydrogens is 409 g/mol. The first-order valence-corrected chi connectivity index (χ1v) is 10.3. The molecule has 29 heavy (non-hydrogen) atoms. The summed E-state index contributed by atoms with van der Waals surface area (Å²) in [7, 11) is 0. The summed E-state index contributed by atoms with van der Waals surface area (Å²) in [5.74, 6) is 0.179. The van der Waals surface area contributed by atoms with Crippen molar-refractivity contribution in [1.82, 2.24) is 4.98 Å². The third-order valence-corrected chi connectivity index (χ3v) is 6.79. The van der Waals surface area contributed by atoms with Gasteiger partial charge in [0.15, 0.2) is 0 Å². The fourth-order valence-corrected chi connectivity index (χ4v) is 5.17. The van der Waals surface area contributed by atoms with E-state index in [9.17, 15) is 18.0 Å². The number of ether oxygens (including phenoxy) is 2. The number of hydrogen-bond acceptors (Lipinski definition) is 5. The molecule has 9 heteroatoms. The van der Waals surface area contributed by atoms with Crippen LogP contribution in [-0.4, -0.2) is 42.9 Å². The van der Waals surface area contributed by atoms with E-state index in [1.54, 1.807) is 0 Å². The number of halogens is 4. The standard InChI is InChI=1S/C20H24ClF3N2O3/c1-19(2)15-13(5-8-28-15)16(19)29-18(27)11-3-6-26(7-4-11)17-14(21)9-12(10-25-17)20(22,23)24/h9-11,13,15-16H,3-8H2,1-2H3/t13-,15+,16+/m0/s1. The van der Waals surface area contributed by atoms with Gasteiger partial charge in [-0.1, -0.05) is 25.4 Å². The number of pyridine rings is 1. The lowest BCUT2D eigenvalue weighted by molar-refractivity contribution is -0.213. The first-order chi connectivity index (χ1) is 13.6. The van der Waals surface area contributed by atoms with E-state index in [0.717, 1.165) is 18.7 Å². The van der Waals surface area contributed by atoms with E-state index in [1.165, 1.54) is 0 Å². The van der Waals surface area contributed by atoms with Crippen LogP contribution in [0.1, 0.15) is 38.7 Å². The van der Waals surface area contributed by atoms with E-state index in [0.29, 0.717) is 38.4 Å². The Hall–Kier alpha value is -1.54. The zero-order valence-corrected chi connectivity index (χ0v) is 17.1. The highest BCUT2D eigenvalue weighted by Crippen LogP contribution is 2.54. The van der Waals surface area contributed by atoms with Gasteiger partial charge >= 0.3 is 12.1 Å². The summed E-state index contributed by atoms with van der Waals surface area (Å²) < 4.78 is 50.0. The number of piperidine rings is 1. The first kappa shape index (κ1) is 20.7. The average Bonchev–Trinajstić information content (AvgIpc) is 3.12. The van der Waals surface area contributed by atoms with Gasteiger partial charge in [0, 0.05) is 37.2 Å². The lowest BCUT2D eigenvalue weighted by atomic mass is 9.59. The van der Waals surface area contributed by atoms with E-state index in [1.807, 2.05) is 4.90 Å². The Morgan fingerprint density at radius 1 is 1.31 bits per heavy atom. The monoisotopic (exact) mass is 432 g/mol. The van der Waals surface area contributed by atoms with Crippen LogP contribution < -0.4 is 4.90 Å². The fraction of sp³-hybridized carbons (Fsp3) is 0.700. The molecule has 3 heterocycles. The van der Waals surface area contributed by atoms with Crippen LogP contribution in [0, 0.1) is 17.3 Å². The van der Waals surface area contributed by atoms with Crippen molar-refractivity contribution in [2.24, 2.45) is 17.3 Å². The lowest BCUT2D eigenvalue weighted by Crippen LogP contribution is -2.61. The lowest BCUT2D eigenvalue weighted by Gasteiger charge is -2.53. The van der Waals surface area contributed by atoms with Gasteiger partial charge in [-0.3, -0.25) is 4.79 Å². The number of hydrogen-bond donors (Lipinski definition) is 0. The first-order valence-electron chi connectivity index (χ1n) is 9.89. The average molecular weight is 433 g/mol. The molecule has 0 radical (unpaired) electrons.